The van der Waals surface area contributed by atoms with Gasteiger partial charge in [0.25, 0.3) is 0 Å². The summed E-state index contributed by atoms with van der Waals surface area (Å²) in [7, 11) is 0. The van der Waals surface area contributed by atoms with Gasteiger partial charge in [-0.25, -0.2) is 4.39 Å². The van der Waals surface area contributed by atoms with Crippen LogP contribution in [-0.4, -0.2) is 0 Å². The summed E-state index contributed by atoms with van der Waals surface area (Å²) in [5, 5.41) is 0. The molecule has 2 aromatic carbocycles. The van der Waals surface area contributed by atoms with E-state index in [2.05, 4.69) is 15.9 Å². The Morgan fingerprint density at radius 1 is 1.11 bits per heavy atom. The molecule has 18 heavy (non-hydrogen) atoms. The van der Waals surface area contributed by atoms with E-state index in [0.717, 1.165) is 21.3 Å². The van der Waals surface area contributed by atoms with E-state index in [-0.39, 0.29) is 5.82 Å². The van der Waals surface area contributed by atoms with Crippen LogP contribution in [0.5, 0.6) is 5.75 Å². The van der Waals surface area contributed by atoms with Crippen LogP contribution >= 0.6 is 15.9 Å². The summed E-state index contributed by atoms with van der Waals surface area (Å²) in [6.45, 7) is 0.632. The third-order valence-corrected chi connectivity index (χ3v) is 3.14. The Hall–Kier alpha value is -1.39. The third-order valence-electron chi connectivity index (χ3n) is 2.48. The van der Waals surface area contributed by atoms with E-state index in [4.69, 9.17) is 10.5 Å². The Morgan fingerprint density at radius 2 is 1.83 bits per heavy atom. The molecule has 0 aliphatic rings. The van der Waals surface area contributed by atoms with E-state index in [1.807, 2.05) is 30.3 Å². The maximum absolute atomic E-state index is 13.3. The van der Waals surface area contributed by atoms with Crippen LogP contribution in [0.25, 0.3) is 0 Å². The van der Waals surface area contributed by atoms with Crippen LogP contribution in [0, 0.1) is 5.82 Å². The molecular weight excluding hydrogens is 297 g/mol. The molecule has 0 atom stereocenters. The van der Waals surface area contributed by atoms with Gasteiger partial charge in [-0.15, -0.1) is 0 Å². The number of para-hydroxylation sites is 1. The van der Waals surface area contributed by atoms with Gasteiger partial charge in [0.05, 0.1) is 4.47 Å². The maximum atomic E-state index is 13.3. The predicted octanol–water partition coefficient (Wildman–Crippen LogP) is 3.63. The Kier molecular flexibility index (Phi) is 4.33. The highest BCUT2D eigenvalue weighted by atomic mass is 79.9. The van der Waals surface area contributed by atoms with Crippen molar-refractivity contribution in [3.05, 3.63) is 63.9 Å². The first kappa shape index (κ1) is 13.1. The second kappa shape index (κ2) is 5.98. The summed E-state index contributed by atoms with van der Waals surface area (Å²) in [5.41, 5.74) is 7.04. The van der Waals surface area contributed by atoms with Crippen molar-refractivity contribution in [3.8, 4) is 5.75 Å². The number of ether oxygens (including phenoxy) is 1. The van der Waals surface area contributed by atoms with Crippen molar-refractivity contribution in [2.24, 2.45) is 5.73 Å². The fourth-order valence-electron chi connectivity index (χ4n) is 1.64. The van der Waals surface area contributed by atoms with Gasteiger partial charge in [-0.05, 0) is 51.3 Å². The quantitative estimate of drug-likeness (QED) is 0.936. The van der Waals surface area contributed by atoms with Crippen molar-refractivity contribution in [2.45, 2.75) is 13.2 Å². The van der Waals surface area contributed by atoms with Crippen molar-refractivity contribution in [2.75, 3.05) is 0 Å². The molecule has 0 saturated heterocycles. The lowest BCUT2D eigenvalue weighted by molar-refractivity contribution is 0.303. The van der Waals surface area contributed by atoms with Gasteiger partial charge < -0.3 is 10.5 Å². The summed E-state index contributed by atoms with van der Waals surface area (Å²) in [6.07, 6.45) is 0. The van der Waals surface area contributed by atoms with Crippen LogP contribution < -0.4 is 10.5 Å². The minimum absolute atomic E-state index is 0.288. The molecular formula is C14H13BrFNO. The Balaban J connectivity index is 2.11. The van der Waals surface area contributed by atoms with Crippen LogP contribution in [-0.2, 0) is 13.2 Å². The van der Waals surface area contributed by atoms with Crippen LogP contribution in [0.1, 0.15) is 11.1 Å². The zero-order valence-electron chi connectivity index (χ0n) is 9.70. The number of benzene rings is 2. The van der Waals surface area contributed by atoms with Gasteiger partial charge in [0.2, 0.25) is 0 Å². The second-order valence-corrected chi connectivity index (χ2v) is 4.75. The monoisotopic (exact) mass is 309 g/mol. The molecule has 94 valence electrons. The fourth-order valence-corrected chi connectivity index (χ4v) is 2.04. The molecule has 0 spiro atoms. The van der Waals surface area contributed by atoms with Crippen LogP contribution in [0.3, 0.4) is 0 Å². The lowest BCUT2D eigenvalue weighted by atomic mass is 10.1. The lowest BCUT2D eigenvalue weighted by Gasteiger charge is -2.09. The van der Waals surface area contributed by atoms with Crippen LogP contribution in [0.15, 0.2) is 46.9 Å². The van der Waals surface area contributed by atoms with E-state index in [9.17, 15) is 4.39 Å². The van der Waals surface area contributed by atoms with E-state index < -0.39 is 0 Å². The van der Waals surface area contributed by atoms with E-state index in [1.54, 1.807) is 0 Å². The van der Waals surface area contributed by atoms with Crippen molar-refractivity contribution < 1.29 is 9.13 Å². The van der Waals surface area contributed by atoms with E-state index in [1.165, 1.54) is 12.1 Å². The normalized spacial score (nSPS) is 10.4. The number of halogens is 2. The number of nitrogens with two attached hydrogens (primary N) is 1. The van der Waals surface area contributed by atoms with Gasteiger partial charge in [0.15, 0.2) is 0 Å². The molecule has 4 heteroatoms. The fraction of sp³-hybridized carbons (Fsp3) is 0.143. The Labute approximate surface area is 114 Å². The molecule has 2 aromatic rings. The summed E-state index contributed by atoms with van der Waals surface area (Å²) in [4.78, 5) is 0. The summed E-state index contributed by atoms with van der Waals surface area (Å²) in [5.74, 6) is 0.444. The van der Waals surface area contributed by atoms with Crippen molar-refractivity contribution in [3.63, 3.8) is 0 Å². The lowest BCUT2D eigenvalue weighted by Crippen LogP contribution is -2.01. The zero-order valence-corrected chi connectivity index (χ0v) is 11.3. The molecule has 0 aliphatic carbocycles. The molecule has 0 aromatic heterocycles. The Bertz CT molecular complexity index is 545. The van der Waals surface area contributed by atoms with Gasteiger partial charge >= 0.3 is 0 Å². The first-order chi connectivity index (χ1) is 8.69. The first-order valence-corrected chi connectivity index (χ1v) is 6.34. The molecule has 2 nitrogen and oxygen atoms in total. The summed E-state index contributed by atoms with van der Waals surface area (Å²) < 4.78 is 19.8. The van der Waals surface area contributed by atoms with Gasteiger partial charge in [-0.1, -0.05) is 18.2 Å². The molecule has 0 aliphatic heterocycles. The number of hydrogen-bond donors (Lipinski definition) is 1. The minimum Gasteiger partial charge on any atom is -0.488 e. The first-order valence-electron chi connectivity index (χ1n) is 5.55. The number of rotatable bonds is 4. The molecule has 0 bridgehead atoms. The highest BCUT2D eigenvalue weighted by Gasteiger charge is 2.03. The Morgan fingerprint density at radius 3 is 2.56 bits per heavy atom. The zero-order chi connectivity index (χ0) is 13.0. The average Bonchev–Trinajstić information content (AvgIpc) is 2.37. The van der Waals surface area contributed by atoms with E-state index in [0.29, 0.717) is 13.2 Å². The molecule has 2 N–H and O–H groups in total. The second-order valence-electron chi connectivity index (χ2n) is 3.89. The predicted molar refractivity (Wildman–Crippen MR) is 72.8 cm³/mol. The van der Waals surface area contributed by atoms with Gasteiger partial charge in [0, 0.05) is 6.54 Å². The van der Waals surface area contributed by atoms with Crippen molar-refractivity contribution in [1.82, 2.24) is 0 Å². The van der Waals surface area contributed by atoms with Gasteiger partial charge in [-0.3, -0.25) is 0 Å². The minimum atomic E-state index is -0.288. The maximum Gasteiger partial charge on any atom is 0.133 e. The smallest absolute Gasteiger partial charge is 0.133 e. The summed E-state index contributed by atoms with van der Waals surface area (Å²) in [6, 6.07) is 12.3. The van der Waals surface area contributed by atoms with Crippen LogP contribution in [0.2, 0.25) is 0 Å². The highest BCUT2D eigenvalue weighted by molar-refractivity contribution is 9.10. The van der Waals surface area contributed by atoms with Gasteiger partial charge in [-0.2, -0.15) is 0 Å². The standard InChI is InChI=1S/C14H13BrFNO/c15-13-3-1-2-4-14(13)18-9-11-5-10(8-17)6-12(16)7-11/h1-7H,8-9,17H2. The largest absolute Gasteiger partial charge is 0.488 e. The molecule has 0 radical (unpaired) electrons. The SMILES string of the molecule is NCc1cc(F)cc(COc2ccccc2Br)c1. The van der Waals surface area contributed by atoms with Crippen molar-refractivity contribution >= 4 is 15.9 Å². The third kappa shape index (κ3) is 3.31. The highest BCUT2D eigenvalue weighted by Crippen LogP contribution is 2.24. The van der Waals surface area contributed by atoms with Crippen molar-refractivity contribution in [1.29, 1.82) is 0 Å². The number of hydrogen-bond acceptors (Lipinski definition) is 2. The molecule has 0 saturated carbocycles. The van der Waals surface area contributed by atoms with Gasteiger partial charge in [0.1, 0.15) is 18.2 Å². The molecule has 0 amide bonds. The molecule has 2 rings (SSSR count). The van der Waals surface area contributed by atoms with E-state index >= 15 is 0 Å². The topological polar surface area (TPSA) is 35.2 Å². The van der Waals surface area contributed by atoms with Crippen LogP contribution in [0.4, 0.5) is 4.39 Å². The molecule has 0 heterocycles. The average molecular weight is 310 g/mol. The summed E-state index contributed by atoms with van der Waals surface area (Å²) >= 11 is 3.39. The molecule has 0 unspecified atom stereocenters. The molecule has 0 fully saturated rings.